The molecule has 0 radical (unpaired) electrons. The second kappa shape index (κ2) is 5.13. The first kappa shape index (κ1) is 9.51. The zero-order chi connectivity index (χ0) is 9.52. The zero-order valence-corrected chi connectivity index (χ0v) is 7.58. The third kappa shape index (κ3) is 3.55. The number of hydrogen-bond donors (Lipinski definition) is 2. The number of carbonyl (C=O) groups is 1. The van der Waals surface area contributed by atoms with Gasteiger partial charge in [-0.15, -0.1) is 0 Å². The summed E-state index contributed by atoms with van der Waals surface area (Å²) in [5.41, 5.74) is 3.30. The number of nitrogens with zero attached hydrogens (tertiary/aromatic N) is 1. The number of carbonyl (C=O) groups excluding carboxylic acids is 1. The second-order valence-electron chi connectivity index (χ2n) is 2.67. The molecule has 2 N–H and O–H groups in total. The second-order valence-corrected chi connectivity index (χ2v) is 2.67. The van der Waals surface area contributed by atoms with Crippen molar-refractivity contribution < 1.29 is 4.79 Å². The molecule has 0 bridgehead atoms. The molecule has 0 aliphatic carbocycles. The maximum Gasteiger partial charge on any atom is 0.240 e. The first-order chi connectivity index (χ1) is 6.33. The van der Waals surface area contributed by atoms with Crippen LogP contribution in [-0.2, 0) is 4.79 Å². The van der Waals surface area contributed by atoms with Gasteiger partial charge in [0.05, 0.1) is 11.9 Å². The molecule has 0 fully saturated rings. The Hall–Kier alpha value is -1.58. The Labute approximate surface area is 77.0 Å². The van der Waals surface area contributed by atoms with Gasteiger partial charge >= 0.3 is 0 Å². The molecule has 1 aromatic heterocycles. The Kier molecular flexibility index (Phi) is 3.75. The Morgan fingerprint density at radius 3 is 3.23 bits per heavy atom. The van der Waals surface area contributed by atoms with Gasteiger partial charge in [0.2, 0.25) is 5.91 Å². The summed E-state index contributed by atoms with van der Waals surface area (Å²) >= 11 is 0. The molecule has 70 valence electrons. The van der Waals surface area contributed by atoms with Crippen LogP contribution in [0.1, 0.15) is 25.5 Å². The monoisotopic (exact) mass is 179 g/mol. The van der Waals surface area contributed by atoms with Gasteiger partial charge < -0.3 is 4.98 Å². The fourth-order valence-corrected chi connectivity index (χ4v) is 0.881. The van der Waals surface area contributed by atoms with Crippen LogP contribution in [0.25, 0.3) is 0 Å². The third-order valence-electron chi connectivity index (χ3n) is 1.49. The van der Waals surface area contributed by atoms with Crippen LogP contribution >= 0.6 is 0 Å². The van der Waals surface area contributed by atoms with E-state index in [0.29, 0.717) is 6.42 Å². The smallest absolute Gasteiger partial charge is 0.240 e. The number of aromatic nitrogens is 1. The standard InChI is InChI=1S/C9H13N3O/c1-2-4-9(13)12-11-7-8-5-3-6-10-8/h3,5-7,10H,2,4H2,1H3,(H,12,13)/b11-7+. The molecule has 1 aromatic rings. The molecule has 1 amide bonds. The molecule has 1 rings (SSSR count). The van der Waals surface area contributed by atoms with Crippen LogP contribution in [0.5, 0.6) is 0 Å². The predicted molar refractivity (Wildman–Crippen MR) is 51.4 cm³/mol. The summed E-state index contributed by atoms with van der Waals surface area (Å²) in [7, 11) is 0. The number of nitrogens with one attached hydrogen (secondary N) is 2. The fourth-order valence-electron chi connectivity index (χ4n) is 0.881. The lowest BCUT2D eigenvalue weighted by atomic mass is 10.3. The maximum absolute atomic E-state index is 10.9. The van der Waals surface area contributed by atoms with E-state index in [1.165, 1.54) is 0 Å². The van der Waals surface area contributed by atoms with E-state index in [-0.39, 0.29) is 5.91 Å². The van der Waals surface area contributed by atoms with E-state index < -0.39 is 0 Å². The summed E-state index contributed by atoms with van der Waals surface area (Å²) < 4.78 is 0. The van der Waals surface area contributed by atoms with Gasteiger partial charge in [-0.1, -0.05) is 6.92 Å². The predicted octanol–water partition coefficient (Wildman–Crippen LogP) is 1.26. The summed E-state index contributed by atoms with van der Waals surface area (Å²) in [6.07, 6.45) is 4.73. The maximum atomic E-state index is 10.9. The minimum Gasteiger partial charge on any atom is -0.360 e. The van der Waals surface area contributed by atoms with Gasteiger partial charge in [-0.05, 0) is 18.6 Å². The molecule has 4 heteroatoms. The summed E-state index contributed by atoms with van der Waals surface area (Å²) in [5.74, 6) is -0.0506. The summed E-state index contributed by atoms with van der Waals surface area (Å²) in [6.45, 7) is 1.95. The topological polar surface area (TPSA) is 57.2 Å². The van der Waals surface area contributed by atoms with E-state index >= 15 is 0 Å². The first-order valence-corrected chi connectivity index (χ1v) is 4.28. The summed E-state index contributed by atoms with van der Waals surface area (Å²) in [6, 6.07) is 3.74. The molecule has 1 heterocycles. The minimum absolute atomic E-state index is 0.0506. The van der Waals surface area contributed by atoms with Crippen LogP contribution in [0.15, 0.2) is 23.4 Å². The highest BCUT2D eigenvalue weighted by Crippen LogP contribution is 1.89. The molecule has 13 heavy (non-hydrogen) atoms. The Morgan fingerprint density at radius 2 is 2.62 bits per heavy atom. The molecule has 0 aliphatic heterocycles. The highest BCUT2D eigenvalue weighted by molar-refractivity contribution is 5.80. The van der Waals surface area contributed by atoms with Crippen LogP contribution in [0.2, 0.25) is 0 Å². The largest absolute Gasteiger partial charge is 0.360 e. The van der Waals surface area contributed by atoms with Crippen molar-refractivity contribution in [3.05, 3.63) is 24.0 Å². The average Bonchev–Trinajstić information content (AvgIpc) is 2.57. The average molecular weight is 179 g/mol. The molecular weight excluding hydrogens is 166 g/mol. The normalized spacial score (nSPS) is 10.5. The van der Waals surface area contributed by atoms with E-state index in [2.05, 4.69) is 15.5 Å². The molecule has 0 atom stereocenters. The van der Waals surface area contributed by atoms with Gasteiger partial charge in [0.25, 0.3) is 0 Å². The van der Waals surface area contributed by atoms with Gasteiger partial charge in [0, 0.05) is 12.6 Å². The summed E-state index contributed by atoms with van der Waals surface area (Å²) in [4.78, 5) is 13.9. The van der Waals surface area contributed by atoms with E-state index in [0.717, 1.165) is 12.1 Å². The highest BCUT2D eigenvalue weighted by Gasteiger charge is 1.94. The van der Waals surface area contributed by atoms with Gasteiger partial charge in [-0.2, -0.15) is 5.10 Å². The van der Waals surface area contributed by atoms with Crippen LogP contribution in [0.3, 0.4) is 0 Å². The Morgan fingerprint density at radius 1 is 1.77 bits per heavy atom. The molecule has 0 spiro atoms. The Balaban J connectivity index is 2.30. The van der Waals surface area contributed by atoms with Crippen molar-refractivity contribution in [2.45, 2.75) is 19.8 Å². The van der Waals surface area contributed by atoms with Gasteiger partial charge in [-0.3, -0.25) is 4.79 Å². The van der Waals surface area contributed by atoms with Gasteiger partial charge in [-0.25, -0.2) is 5.43 Å². The molecule has 0 aromatic carbocycles. The van der Waals surface area contributed by atoms with E-state index in [9.17, 15) is 4.79 Å². The van der Waals surface area contributed by atoms with E-state index in [1.807, 2.05) is 19.1 Å². The third-order valence-corrected chi connectivity index (χ3v) is 1.49. The van der Waals surface area contributed by atoms with Crippen LogP contribution in [0, 0.1) is 0 Å². The first-order valence-electron chi connectivity index (χ1n) is 4.28. The lowest BCUT2D eigenvalue weighted by Crippen LogP contribution is -2.16. The van der Waals surface area contributed by atoms with Crippen LogP contribution in [0.4, 0.5) is 0 Å². The molecule has 0 unspecified atom stereocenters. The number of H-pyrrole nitrogens is 1. The van der Waals surface area contributed by atoms with Crippen molar-refractivity contribution in [3.8, 4) is 0 Å². The van der Waals surface area contributed by atoms with Crippen LogP contribution in [-0.4, -0.2) is 17.1 Å². The van der Waals surface area contributed by atoms with Crippen molar-refractivity contribution in [2.24, 2.45) is 5.10 Å². The van der Waals surface area contributed by atoms with Crippen molar-refractivity contribution >= 4 is 12.1 Å². The highest BCUT2D eigenvalue weighted by atomic mass is 16.2. The molecular formula is C9H13N3O. The van der Waals surface area contributed by atoms with Crippen molar-refractivity contribution in [2.75, 3.05) is 0 Å². The van der Waals surface area contributed by atoms with Gasteiger partial charge in [0.15, 0.2) is 0 Å². The Bertz CT molecular complexity index is 277. The number of rotatable bonds is 4. The van der Waals surface area contributed by atoms with E-state index in [1.54, 1.807) is 12.4 Å². The number of hydrazone groups is 1. The lowest BCUT2D eigenvalue weighted by molar-refractivity contribution is -0.121. The van der Waals surface area contributed by atoms with Gasteiger partial charge in [0.1, 0.15) is 0 Å². The minimum atomic E-state index is -0.0506. The SMILES string of the molecule is CCCC(=O)N/N=C/c1ccc[nH]1. The molecule has 0 saturated heterocycles. The lowest BCUT2D eigenvalue weighted by Gasteiger charge is -1.94. The molecule has 4 nitrogen and oxygen atoms in total. The van der Waals surface area contributed by atoms with Crippen LogP contribution < -0.4 is 5.43 Å². The van der Waals surface area contributed by atoms with E-state index in [4.69, 9.17) is 0 Å². The number of aromatic amines is 1. The van der Waals surface area contributed by atoms with Crippen molar-refractivity contribution in [1.82, 2.24) is 10.4 Å². The van der Waals surface area contributed by atoms with Crippen molar-refractivity contribution in [1.29, 1.82) is 0 Å². The molecule has 0 saturated carbocycles. The number of hydrogen-bond acceptors (Lipinski definition) is 2. The molecule has 0 aliphatic rings. The quantitative estimate of drug-likeness (QED) is 0.530. The fraction of sp³-hybridized carbons (Fsp3) is 0.333. The summed E-state index contributed by atoms with van der Waals surface area (Å²) in [5, 5.41) is 3.78. The number of amides is 1. The zero-order valence-electron chi connectivity index (χ0n) is 7.58. The van der Waals surface area contributed by atoms with Crippen molar-refractivity contribution in [3.63, 3.8) is 0 Å².